The minimum atomic E-state index is -0.910. The molecule has 0 radical (unpaired) electrons. The Morgan fingerprint density at radius 1 is 1.26 bits per heavy atom. The number of aliphatic carboxylic acids is 1. The van der Waals surface area contributed by atoms with Crippen LogP contribution in [-0.4, -0.2) is 23.2 Å². The third-order valence-electron chi connectivity index (χ3n) is 3.80. The second-order valence-electron chi connectivity index (χ2n) is 5.21. The van der Waals surface area contributed by atoms with E-state index in [1.165, 1.54) is 0 Å². The number of nitrogens with zero attached hydrogens (tertiary/aromatic N) is 1. The molecule has 1 aliphatic rings. The lowest BCUT2D eigenvalue weighted by molar-refractivity contribution is -0.137. The summed E-state index contributed by atoms with van der Waals surface area (Å²) in [6.07, 6.45) is 1.87. The molecule has 2 aromatic rings. The van der Waals surface area contributed by atoms with Crippen LogP contribution in [0, 0.1) is 0 Å². The van der Waals surface area contributed by atoms with E-state index in [0.29, 0.717) is 5.56 Å². The largest absolute Gasteiger partial charge is 0.481 e. The van der Waals surface area contributed by atoms with Gasteiger partial charge in [0, 0.05) is 10.5 Å². The van der Waals surface area contributed by atoms with Gasteiger partial charge in [0.05, 0.1) is 18.2 Å². The van der Waals surface area contributed by atoms with Crippen LogP contribution in [0.3, 0.4) is 0 Å². The quantitative estimate of drug-likeness (QED) is 0.844. The first-order valence-corrected chi connectivity index (χ1v) is 8.37. The van der Waals surface area contributed by atoms with Gasteiger partial charge >= 0.3 is 5.97 Å². The van der Waals surface area contributed by atoms with Crippen LogP contribution in [0.1, 0.15) is 28.4 Å². The van der Waals surface area contributed by atoms with Gasteiger partial charge in [-0.1, -0.05) is 24.3 Å². The molecule has 1 amide bonds. The number of hydrogen-bond donors (Lipinski definition) is 2. The number of benzene rings is 2. The van der Waals surface area contributed by atoms with Crippen LogP contribution >= 0.6 is 11.8 Å². The lowest BCUT2D eigenvalue weighted by Gasteiger charge is -2.38. The smallest absolute Gasteiger partial charge is 0.305 e. The lowest BCUT2D eigenvalue weighted by atomic mass is 9.94. The van der Waals surface area contributed by atoms with Crippen molar-refractivity contribution < 1.29 is 14.7 Å². The lowest BCUT2D eigenvalue weighted by Crippen LogP contribution is -2.50. The second kappa shape index (κ2) is 6.34. The molecule has 0 aliphatic carbocycles. The molecule has 2 aromatic carbocycles. The molecule has 0 saturated carbocycles. The van der Waals surface area contributed by atoms with E-state index in [1.807, 2.05) is 42.7 Å². The molecule has 0 saturated heterocycles. The number of rotatable bonds is 4. The summed E-state index contributed by atoms with van der Waals surface area (Å²) in [7, 11) is 0. The normalized spacial score (nSPS) is 16.7. The molecule has 0 spiro atoms. The van der Waals surface area contributed by atoms with Crippen molar-refractivity contribution in [2.24, 2.45) is 0 Å². The number of anilines is 1. The molecule has 0 aromatic heterocycles. The predicted octanol–water partition coefficient (Wildman–Crippen LogP) is 3.09. The van der Waals surface area contributed by atoms with Crippen molar-refractivity contribution >= 4 is 29.3 Å². The number of carbonyl (C=O) groups excluding carboxylic acids is 1. The zero-order valence-corrected chi connectivity index (χ0v) is 13.3. The maximum atomic E-state index is 12.3. The van der Waals surface area contributed by atoms with Crippen LogP contribution in [0.25, 0.3) is 0 Å². The zero-order valence-electron chi connectivity index (χ0n) is 12.5. The van der Waals surface area contributed by atoms with Gasteiger partial charge in [-0.2, -0.15) is 0 Å². The summed E-state index contributed by atoms with van der Waals surface area (Å²) in [5.74, 6) is -1.14. The van der Waals surface area contributed by atoms with E-state index in [1.54, 1.807) is 28.9 Å². The maximum Gasteiger partial charge on any atom is 0.305 e. The second-order valence-corrected chi connectivity index (χ2v) is 6.09. The van der Waals surface area contributed by atoms with E-state index < -0.39 is 12.0 Å². The average Bonchev–Trinajstić information content (AvgIpc) is 2.57. The summed E-state index contributed by atoms with van der Waals surface area (Å²) in [6.45, 7) is 0. The number of nitrogens with one attached hydrogen (secondary N) is 1. The molecular weight excluding hydrogens is 312 g/mol. The number of fused-ring (bicyclic) bond motifs is 1. The first-order chi connectivity index (χ1) is 11.1. The summed E-state index contributed by atoms with van der Waals surface area (Å²) in [4.78, 5) is 24.7. The minimum absolute atomic E-state index is 0.0964. The maximum absolute atomic E-state index is 12.3. The van der Waals surface area contributed by atoms with E-state index in [-0.39, 0.29) is 12.3 Å². The molecule has 5 nitrogen and oxygen atoms in total. The van der Waals surface area contributed by atoms with Crippen LogP contribution in [0.5, 0.6) is 0 Å². The number of carboxylic acids is 1. The summed E-state index contributed by atoms with van der Waals surface area (Å²) in [5, 5.41) is 10.9. The van der Waals surface area contributed by atoms with Gasteiger partial charge in [0.2, 0.25) is 0 Å². The Morgan fingerprint density at radius 2 is 2.04 bits per heavy atom. The Bertz CT molecular complexity index is 763. The standard InChI is InChI=1S/C17H16N2O3S/c1-23-12-6-4-5-11(9-12)19-15(10-16(20)21)13-7-2-3-8-14(13)17(22)18-19/h2-9,15H,10H2,1H3,(H,18,22)(H,20,21). The first kappa shape index (κ1) is 15.4. The van der Waals surface area contributed by atoms with Crippen LogP contribution < -0.4 is 10.4 Å². The molecule has 23 heavy (non-hydrogen) atoms. The number of thioether (sulfide) groups is 1. The highest BCUT2D eigenvalue weighted by atomic mass is 32.2. The van der Waals surface area contributed by atoms with Crippen LogP contribution in [0.4, 0.5) is 5.69 Å². The molecule has 1 unspecified atom stereocenters. The predicted molar refractivity (Wildman–Crippen MR) is 89.6 cm³/mol. The summed E-state index contributed by atoms with van der Waals surface area (Å²) in [6, 6.07) is 14.4. The molecular formula is C17H16N2O3S. The van der Waals surface area contributed by atoms with Crippen molar-refractivity contribution in [1.29, 1.82) is 0 Å². The van der Waals surface area contributed by atoms with Crippen LogP contribution in [-0.2, 0) is 4.79 Å². The van der Waals surface area contributed by atoms with E-state index in [4.69, 9.17) is 0 Å². The number of hydrogen-bond acceptors (Lipinski definition) is 4. The van der Waals surface area contributed by atoms with Gasteiger partial charge < -0.3 is 5.11 Å². The Balaban J connectivity index is 2.08. The Hall–Kier alpha value is -2.47. The van der Waals surface area contributed by atoms with Gasteiger partial charge in [-0.25, -0.2) is 0 Å². The summed E-state index contributed by atoms with van der Waals surface area (Å²) < 4.78 is 0. The van der Waals surface area contributed by atoms with Crippen molar-refractivity contribution in [1.82, 2.24) is 5.43 Å². The zero-order chi connectivity index (χ0) is 16.4. The monoisotopic (exact) mass is 328 g/mol. The fourth-order valence-corrected chi connectivity index (χ4v) is 3.21. The molecule has 2 N–H and O–H groups in total. The fourth-order valence-electron chi connectivity index (χ4n) is 2.75. The summed E-state index contributed by atoms with van der Waals surface area (Å²) in [5.41, 5.74) is 4.84. The Labute approximate surface area is 138 Å². The van der Waals surface area contributed by atoms with Crippen molar-refractivity contribution in [2.75, 3.05) is 11.3 Å². The van der Waals surface area contributed by atoms with E-state index in [2.05, 4.69) is 5.43 Å². The molecule has 0 bridgehead atoms. The first-order valence-electron chi connectivity index (χ1n) is 7.15. The topological polar surface area (TPSA) is 69.6 Å². The van der Waals surface area contributed by atoms with Gasteiger partial charge in [0.1, 0.15) is 0 Å². The van der Waals surface area contributed by atoms with Crippen molar-refractivity contribution in [3.05, 3.63) is 59.7 Å². The minimum Gasteiger partial charge on any atom is -0.481 e. The molecule has 6 heteroatoms. The molecule has 118 valence electrons. The van der Waals surface area contributed by atoms with E-state index >= 15 is 0 Å². The number of hydrazine groups is 1. The number of amides is 1. The molecule has 3 rings (SSSR count). The van der Waals surface area contributed by atoms with Crippen molar-refractivity contribution in [3.8, 4) is 0 Å². The van der Waals surface area contributed by atoms with Crippen molar-refractivity contribution in [2.45, 2.75) is 17.4 Å². The number of carbonyl (C=O) groups is 2. The highest BCUT2D eigenvalue weighted by molar-refractivity contribution is 7.98. The average molecular weight is 328 g/mol. The number of carboxylic acid groups (broad SMARTS) is 1. The molecule has 1 aliphatic heterocycles. The summed E-state index contributed by atoms with van der Waals surface area (Å²) >= 11 is 1.59. The van der Waals surface area contributed by atoms with Gasteiger partial charge in [-0.3, -0.25) is 20.0 Å². The van der Waals surface area contributed by atoms with E-state index in [0.717, 1.165) is 16.1 Å². The van der Waals surface area contributed by atoms with E-state index in [9.17, 15) is 14.7 Å². The Morgan fingerprint density at radius 3 is 2.78 bits per heavy atom. The molecule has 1 atom stereocenters. The highest BCUT2D eigenvalue weighted by Gasteiger charge is 2.33. The molecule has 1 heterocycles. The SMILES string of the molecule is CSc1cccc(N2NC(=O)c3ccccc3C2CC(=O)O)c1. The third-order valence-corrected chi connectivity index (χ3v) is 4.52. The van der Waals surface area contributed by atoms with Crippen LogP contribution in [0.15, 0.2) is 53.4 Å². The highest BCUT2D eigenvalue weighted by Crippen LogP contribution is 2.34. The van der Waals surface area contributed by atoms with Crippen molar-refractivity contribution in [3.63, 3.8) is 0 Å². The fraction of sp³-hybridized carbons (Fsp3) is 0.176. The van der Waals surface area contributed by atoms with Gasteiger partial charge in [-0.05, 0) is 36.1 Å². The van der Waals surface area contributed by atoms with Gasteiger partial charge in [0.15, 0.2) is 0 Å². The Kier molecular flexibility index (Phi) is 4.25. The van der Waals surface area contributed by atoms with Crippen LogP contribution in [0.2, 0.25) is 0 Å². The third kappa shape index (κ3) is 3.03. The molecule has 0 fully saturated rings. The van der Waals surface area contributed by atoms with Gasteiger partial charge in [-0.15, -0.1) is 11.8 Å². The van der Waals surface area contributed by atoms with Gasteiger partial charge in [0.25, 0.3) is 5.91 Å².